The molecule has 0 bridgehead atoms. The van der Waals surface area contributed by atoms with Crippen molar-refractivity contribution in [2.75, 3.05) is 11.9 Å². The summed E-state index contributed by atoms with van der Waals surface area (Å²) < 4.78 is 0. The molecule has 0 atom stereocenters. The summed E-state index contributed by atoms with van der Waals surface area (Å²) in [5.41, 5.74) is 6.65. The molecule has 1 aromatic carbocycles. The van der Waals surface area contributed by atoms with Crippen LogP contribution in [0.2, 0.25) is 5.15 Å². The Labute approximate surface area is 103 Å². The summed E-state index contributed by atoms with van der Waals surface area (Å²) in [5, 5.41) is 2.75. The molecule has 17 heavy (non-hydrogen) atoms. The zero-order valence-corrected chi connectivity index (χ0v) is 9.74. The van der Waals surface area contributed by atoms with E-state index in [2.05, 4.69) is 15.3 Å². The normalized spacial score (nSPS) is 10.5. The van der Waals surface area contributed by atoms with Gasteiger partial charge in [0.05, 0.1) is 11.0 Å². The second-order valence-electron chi connectivity index (χ2n) is 3.44. The highest BCUT2D eigenvalue weighted by Gasteiger charge is 2.09. The van der Waals surface area contributed by atoms with E-state index in [1.807, 2.05) is 12.1 Å². The lowest BCUT2D eigenvalue weighted by molar-refractivity contribution is -0.116. The minimum Gasteiger partial charge on any atom is -0.330 e. The summed E-state index contributed by atoms with van der Waals surface area (Å²) >= 11 is 5.93. The van der Waals surface area contributed by atoms with Gasteiger partial charge in [-0.1, -0.05) is 23.7 Å². The first-order chi connectivity index (χ1) is 8.20. The number of para-hydroxylation sites is 2. The minimum absolute atomic E-state index is 0.175. The third-order valence-corrected chi connectivity index (χ3v) is 2.42. The van der Waals surface area contributed by atoms with Crippen LogP contribution in [0.25, 0.3) is 11.0 Å². The van der Waals surface area contributed by atoms with Gasteiger partial charge in [0.15, 0.2) is 11.0 Å². The fourth-order valence-electron chi connectivity index (χ4n) is 1.38. The van der Waals surface area contributed by atoms with E-state index in [-0.39, 0.29) is 29.8 Å². The van der Waals surface area contributed by atoms with Crippen molar-refractivity contribution in [3.63, 3.8) is 0 Å². The number of rotatable bonds is 3. The number of nitrogens with one attached hydrogen (secondary N) is 1. The van der Waals surface area contributed by atoms with E-state index in [4.69, 9.17) is 17.3 Å². The number of anilines is 1. The highest BCUT2D eigenvalue weighted by Crippen LogP contribution is 2.20. The van der Waals surface area contributed by atoms with E-state index in [9.17, 15) is 4.79 Å². The third kappa shape index (κ3) is 2.69. The van der Waals surface area contributed by atoms with Crippen LogP contribution in [0.3, 0.4) is 0 Å². The van der Waals surface area contributed by atoms with Gasteiger partial charge in [-0.15, -0.1) is 0 Å². The molecule has 2 aromatic rings. The molecular formula is C11H11ClN4O. The van der Waals surface area contributed by atoms with Crippen LogP contribution >= 0.6 is 11.6 Å². The number of carbonyl (C=O) groups excluding carboxylic acids is 1. The van der Waals surface area contributed by atoms with Gasteiger partial charge in [0.25, 0.3) is 0 Å². The molecule has 0 saturated carbocycles. The van der Waals surface area contributed by atoms with Crippen LogP contribution in [-0.2, 0) is 4.79 Å². The Balaban J connectivity index is 2.34. The largest absolute Gasteiger partial charge is 0.330 e. The highest BCUT2D eigenvalue weighted by atomic mass is 35.5. The maximum Gasteiger partial charge on any atom is 0.226 e. The Bertz CT molecular complexity index is 558. The Morgan fingerprint density at radius 2 is 1.94 bits per heavy atom. The van der Waals surface area contributed by atoms with Crippen LogP contribution in [0.5, 0.6) is 0 Å². The molecule has 0 aliphatic carbocycles. The topological polar surface area (TPSA) is 80.9 Å². The smallest absolute Gasteiger partial charge is 0.226 e. The number of halogens is 1. The number of aromatic nitrogens is 2. The minimum atomic E-state index is -0.223. The lowest BCUT2D eigenvalue weighted by Gasteiger charge is -2.06. The number of hydrogen-bond donors (Lipinski definition) is 2. The van der Waals surface area contributed by atoms with Crippen LogP contribution < -0.4 is 11.1 Å². The zero-order valence-electron chi connectivity index (χ0n) is 8.98. The molecule has 1 heterocycles. The molecule has 88 valence electrons. The van der Waals surface area contributed by atoms with Gasteiger partial charge >= 0.3 is 0 Å². The number of carbonyl (C=O) groups is 1. The van der Waals surface area contributed by atoms with Gasteiger partial charge < -0.3 is 11.1 Å². The van der Waals surface area contributed by atoms with E-state index < -0.39 is 0 Å². The molecule has 0 aliphatic heterocycles. The number of benzene rings is 1. The van der Waals surface area contributed by atoms with Crippen molar-refractivity contribution < 1.29 is 4.79 Å². The molecule has 2 rings (SSSR count). The molecular weight excluding hydrogens is 240 g/mol. The van der Waals surface area contributed by atoms with Crippen LogP contribution in [-0.4, -0.2) is 22.4 Å². The van der Waals surface area contributed by atoms with Crippen LogP contribution in [0.4, 0.5) is 5.82 Å². The first-order valence-electron chi connectivity index (χ1n) is 5.13. The number of nitrogens with two attached hydrogens (primary N) is 1. The van der Waals surface area contributed by atoms with Crippen molar-refractivity contribution in [2.45, 2.75) is 6.42 Å². The molecule has 0 radical (unpaired) electrons. The lowest BCUT2D eigenvalue weighted by Crippen LogP contribution is -2.17. The summed E-state index contributed by atoms with van der Waals surface area (Å²) in [5.74, 6) is 0.0443. The predicted octanol–water partition coefficient (Wildman–Crippen LogP) is 1.57. The maximum absolute atomic E-state index is 11.4. The van der Waals surface area contributed by atoms with Crippen molar-refractivity contribution in [3.8, 4) is 0 Å². The number of hydrogen-bond acceptors (Lipinski definition) is 4. The molecule has 0 saturated heterocycles. The lowest BCUT2D eigenvalue weighted by atomic mass is 10.3. The molecule has 1 aromatic heterocycles. The first-order valence-corrected chi connectivity index (χ1v) is 5.50. The van der Waals surface area contributed by atoms with Gasteiger partial charge in [-0.2, -0.15) is 0 Å². The highest BCUT2D eigenvalue weighted by molar-refractivity contribution is 6.32. The van der Waals surface area contributed by atoms with E-state index in [1.165, 1.54) is 0 Å². The van der Waals surface area contributed by atoms with Crippen molar-refractivity contribution in [1.29, 1.82) is 0 Å². The van der Waals surface area contributed by atoms with Gasteiger partial charge in [0.2, 0.25) is 5.91 Å². The fourth-order valence-corrected chi connectivity index (χ4v) is 1.56. The van der Waals surface area contributed by atoms with Gasteiger partial charge in [0, 0.05) is 13.0 Å². The second-order valence-corrected chi connectivity index (χ2v) is 3.80. The molecule has 3 N–H and O–H groups in total. The van der Waals surface area contributed by atoms with Gasteiger partial charge in [-0.05, 0) is 12.1 Å². The number of amides is 1. The van der Waals surface area contributed by atoms with E-state index in [0.717, 1.165) is 0 Å². The zero-order chi connectivity index (χ0) is 12.3. The van der Waals surface area contributed by atoms with Crippen molar-refractivity contribution in [2.24, 2.45) is 5.73 Å². The van der Waals surface area contributed by atoms with Crippen LogP contribution in [0.1, 0.15) is 6.42 Å². The monoisotopic (exact) mass is 250 g/mol. The molecule has 1 amide bonds. The van der Waals surface area contributed by atoms with Crippen molar-refractivity contribution in [3.05, 3.63) is 29.4 Å². The SMILES string of the molecule is NCCC(=O)Nc1nc2ccccc2nc1Cl. The average molecular weight is 251 g/mol. The predicted molar refractivity (Wildman–Crippen MR) is 66.8 cm³/mol. The summed E-state index contributed by atoms with van der Waals surface area (Å²) in [6.45, 7) is 0.282. The third-order valence-electron chi connectivity index (χ3n) is 2.16. The summed E-state index contributed by atoms with van der Waals surface area (Å²) in [4.78, 5) is 19.8. The molecule has 0 spiro atoms. The van der Waals surface area contributed by atoms with E-state index in [0.29, 0.717) is 11.0 Å². The Morgan fingerprint density at radius 3 is 2.59 bits per heavy atom. The Hall–Kier alpha value is -1.72. The second kappa shape index (κ2) is 5.07. The summed E-state index contributed by atoms with van der Waals surface area (Å²) in [6.07, 6.45) is 0.227. The first kappa shape index (κ1) is 11.8. The standard InChI is InChI=1S/C11H11ClN4O/c12-10-11(16-9(17)5-6-13)15-8-4-2-1-3-7(8)14-10/h1-4H,5-6,13H2,(H,15,16,17). The van der Waals surface area contributed by atoms with Gasteiger partial charge in [0.1, 0.15) is 0 Å². The molecule has 0 unspecified atom stereocenters. The van der Waals surface area contributed by atoms with Crippen molar-refractivity contribution >= 4 is 34.4 Å². The Morgan fingerprint density at radius 1 is 1.29 bits per heavy atom. The van der Waals surface area contributed by atoms with Crippen LogP contribution in [0, 0.1) is 0 Å². The molecule has 0 aliphatic rings. The van der Waals surface area contributed by atoms with Crippen molar-refractivity contribution in [1.82, 2.24) is 9.97 Å². The van der Waals surface area contributed by atoms with Gasteiger partial charge in [-0.3, -0.25) is 4.79 Å². The molecule has 5 nitrogen and oxygen atoms in total. The number of fused-ring (bicyclic) bond motifs is 1. The quantitative estimate of drug-likeness (QED) is 0.867. The summed E-state index contributed by atoms with van der Waals surface area (Å²) in [6, 6.07) is 7.30. The molecule has 6 heteroatoms. The van der Waals surface area contributed by atoms with E-state index >= 15 is 0 Å². The molecule has 0 fully saturated rings. The summed E-state index contributed by atoms with van der Waals surface area (Å²) in [7, 11) is 0. The fraction of sp³-hybridized carbons (Fsp3) is 0.182. The average Bonchev–Trinajstić information content (AvgIpc) is 2.30. The van der Waals surface area contributed by atoms with Gasteiger partial charge in [-0.25, -0.2) is 9.97 Å². The van der Waals surface area contributed by atoms with E-state index in [1.54, 1.807) is 12.1 Å². The maximum atomic E-state index is 11.4. The Kier molecular flexibility index (Phi) is 3.51. The number of nitrogens with zero attached hydrogens (tertiary/aromatic N) is 2. The van der Waals surface area contributed by atoms with Crippen LogP contribution in [0.15, 0.2) is 24.3 Å².